The lowest BCUT2D eigenvalue weighted by Crippen LogP contribution is -2.44. The van der Waals surface area contributed by atoms with Gasteiger partial charge in [-0.05, 0) is 42.9 Å². The van der Waals surface area contributed by atoms with Gasteiger partial charge in [-0.2, -0.15) is 0 Å². The van der Waals surface area contributed by atoms with Gasteiger partial charge in [0.05, 0.1) is 0 Å². The fourth-order valence-electron chi connectivity index (χ4n) is 4.80. The normalized spacial score (nSPS) is 23.7. The molecule has 1 saturated carbocycles. The Labute approximate surface area is 169 Å². The van der Waals surface area contributed by atoms with Crippen LogP contribution in [0.5, 0.6) is 0 Å². The van der Waals surface area contributed by atoms with E-state index in [2.05, 4.69) is 61.8 Å². The molecule has 5 nitrogen and oxygen atoms in total. The second-order valence-corrected chi connectivity index (χ2v) is 8.51. The predicted octanol–water partition coefficient (Wildman–Crippen LogP) is 2.99. The molecule has 2 N–H and O–H groups in total. The molecule has 1 aromatic rings. The van der Waals surface area contributed by atoms with Gasteiger partial charge < -0.3 is 20.4 Å². The SMILES string of the molecule is CN=C(NCc1cccc(N2CC=CC2)c1)NC1CCN(CC2CCCC2)C1. The molecule has 5 heteroatoms. The maximum atomic E-state index is 4.45. The smallest absolute Gasteiger partial charge is 0.191 e. The summed E-state index contributed by atoms with van der Waals surface area (Å²) in [6.07, 6.45) is 11.4. The molecule has 3 aliphatic rings. The molecule has 1 saturated heterocycles. The van der Waals surface area contributed by atoms with Gasteiger partial charge in [0.2, 0.25) is 0 Å². The summed E-state index contributed by atoms with van der Waals surface area (Å²) in [4.78, 5) is 9.48. The highest BCUT2D eigenvalue weighted by atomic mass is 15.2. The lowest BCUT2D eigenvalue weighted by atomic mass is 10.1. The Bertz CT molecular complexity index is 684. The molecule has 1 unspecified atom stereocenters. The number of nitrogens with one attached hydrogen (secondary N) is 2. The van der Waals surface area contributed by atoms with Crippen molar-refractivity contribution >= 4 is 11.6 Å². The summed E-state index contributed by atoms with van der Waals surface area (Å²) < 4.78 is 0. The van der Waals surface area contributed by atoms with E-state index in [1.54, 1.807) is 0 Å². The van der Waals surface area contributed by atoms with Crippen molar-refractivity contribution in [2.75, 3.05) is 44.7 Å². The molecule has 1 aliphatic carbocycles. The number of aliphatic imine (C=N–C) groups is 1. The van der Waals surface area contributed by atoms with Gasteiger partial charge in [-0.15, -0.1) is 0 Å². The third-order valence-electron chi connectivity index (χ3n) is 6.38. The van der Waals surface area contributed by atoms with Crippen molar-refractivity contribution in [3.63, 3.8) is 0 Å². The molecule has 1 atom stereocenters. The topological polar surface area (TPSA) is 42.9 Å². The maximum Gasteiger partial charge on any atom is 0.191 e. The van der Waals surface area contributed by atoms with Crippen molar-refractivity contribution in [1.82, 2.24) is 15.5 Å². The van der Waals surface area contributed by atoms with Crippen LogP contribution in [-0.2, 0) is 6.54 Å². The Morgan fingerprint density at radius 1 is 1.14 bits per heavy atom. The number of hydrogen-bond donors (Lipinski definition) is 2. The van der Waals surface area contributed by atoms with E-state index in [0.717, 1.165) is 38.1 Å². The number of guanidine groups is 1. The highest BCUT2D eigenvalue weighted by molar-refractivity contribution is 5.80. The first-order valence-corrected chi connectivity index (χ1v) is 11.0. The van der Waals surface area contributed by atoms with Crippen molar-refractivity contribution < 1.29 is 0 Å². The molecule has 0 bridgehead atoms. The van der Waals surface area contributed by atoms with Gasteiger partial charge in [0.25, 0.3) is 0 Å². The first-order valence-electron chi connectivity index (χ1n) is 11.0. The molecule has 0 spiro atoms. The van der Waals surface area contributed by atoms with Crippen LogP contribution in [-0.4, -0.2) is 56.7 Å². The van der Waals surface area contributed by atoms with Crippen LogP contribution < -0.4 is 15.5 Å². The van der Waals surface area contributed by atoms with Crippen LogP contribution in [0.3, 0.4) is 0 Å². The molecule has 0 amide bonds. The quantitative estimate of drug-likeness (QED) is 0.452. The van der Waals surface area contributed by atoms with E-state index in [9.17, 15) is 0 Å². The van der Waals surface area contributed by atoms with Gasteiger partial charge in [-0.3, -0.25) is 4.99 Å². The lowest BCUT2D eigenvalue weighted by molar-refractivity contribution is 0.275. The fraction of sp³-hybridized carbons (Fsp3) is 0.609. The van der Waals surface area contributed by atoms with Gasteiger partial charge in [-0.1, -0.05) is 37.1 Å². The number of rotatable bonds is 6. The van der Waals surface area contributed by atoms with E-state index < -0.39 is 0 Å². The Morgan fingerprint density at radius 2 is 1.96 bits per heavy atom. The summed E-state index contributed by atoms with van der Waals surface area (Å²) in [6, 6.07) is 9.33. The highest BCUT2D eigenvalue weighted by Gasteiger charge is 2.26. The van der Waals surface area contributed by atoms with Crippen LogP contribution in [0.1, 0.15) is 37.7 Å². The molecular weight excluding hydrogens is 346 g/mol. The molecule has 2 aliphatic heterocycles. The van der Waals surface area contributed by atoms with Gasteiger partial charge >= 0.3 is 0 Å². The van der Waals surface area contributed by atoms with E-state index >= 15 is 0 Å². The summed E-state index contributed by atoms with van der Waals surface area (Å²) in [5.74, 6) is 1.86. The van der Waals surface area contributed by atoms with Crippen LogP contribution in [0.2, 0.25) is 0 Å². The second-order valence-electron chi connectivity index (χ2n) is 8.51. The zero-order valence-electron chi connectivity index (χ0n) is 17.2. The Kier molecular flexibility index (Phi) is 6.53. The lowest BCUT2D eigenvalue weighted by Gasteiger charge is -2.21. The maximum absolute atomic E-state index is 4.45. The molecule has 0 radical (unpaired) electrons. The van der Waals surface area contributed by atoms with Crippen molar-refractivity contribution in [3.05, 3.63) is 42.0 Å². The molecule has 1 aromatic carbocycles. The summed E-state index contributed by atoms with van der Waals surface area (Å²) in [5, 5.41) is 7.14. The zero-order valence-corrected chi connectivity index (χ0v) is 17.2. The van der Waals surface area contributed by atoms with Gasteiger partial charge in [0.1, 0.15) is 0 Å². The van der Waals surface area contributed by atoms with Crippen LogP contribution in [0.15, 0.2) is 41.4 Å². The predicted molar refractivity (Wildman–Crippen MR) is 118 cm³/mol. The summed E-state index contributed by atoms with van der Waals surface area (Å²) in [6.45, 7) is 6.49. The van der Waals surface area contributed by atoms with Crippen molar-refractivity contribution in [2.24, 2.45) is 10.9 Å². The first-order chi connectivity index (χ1) is 13.8. The Balaban J connectivity index is 1.23. The monoisotopic (exact) mass is 381 g/mol. The third-order valence-corrected chi connectivity index (χ3v) is 6.38. The Hall–Kier alpha value is -2.01. The summed E-state index contributed by atoms with van der Waals surface area (Å²) in [5.41, 5.74) is 2.59. The fourth-order valence-corrected chi connectivity index (χ4v) is 4.80. The minimum Gasteiger partial charge on any atom is -0.364 e. The minimum absolute atomic E-state index is 0.509. The molecule has 28 heavy (non-hydrogen) atoms. The number of nitrogens with zero attached hydrogens (tertiary/aromatic N) is 3. The molecular formula is C23H35N5. The third kappa shape index (κ3) is 5.07. The standard InChI is InChI=1S/C23H35N5/c1-24-23(26-21-11-14-27(18-21)17-19-7-2-3-8-19)25-16-20-9-6-10-22(15-20)28-12-4-5-13-28/h4-6,9-10,15,19,21H,2-3,7-8,11-14,16-18H2,1H3,(H2,24,25,26). The highest BCUT2D eigenvalue weighted by Crippen LogP contribution is 2.26. The van der Waals surface area contributed by atoms with Crippen LogP contribution >= 0.6 is 0 Å². The average Bonchev–Trinajstić information content (AvgIpc) is 3.49. The zero-order chi connectivity index (χ0) is 19.2. The minimum atomic E-state index is 0.509. The average molecular weight is 382 g/mol. The van der Waals surface area contributed by atoms with E-state index in [4.69, 9.17) is 0 Å². The largest absolute Gasteiger partial charge is 0.364 e. The van der Waals surface area contributed by atoms with Crippen LogP contribution in [0.25, 0.3) is 0 Å². The van der Waals surface area contributed by atoms with Crippen molar-refractivity contribution in [3.8, 4) is 0 Å². The van der Waals surface area contributed by atoms with Gasteiger partial charge in [0.15, 0.2) is 5.96 Å². The number of anilines is 1. The molecule has 0 aromatic heterocycles. The van der Waals surface area contributed by atoms with Crippen LogP contribution in [0.4, 0.5) is 5.69 Å². The number of hydrogen-bond acceptors (Lipinski definition) is 3. The van der Waals surface area contributed by atoms with Gasteiger partial charge in [0, 0.05) is 58.0 Å². The van der Waals surface area contributed by atoms with E-state index in [1.807, 2.05) is 7.05 Å². The summed E-state index contributed by atoms with van der Waals surface area (Å²) >= 11 is 0. The first kappa shape index (κ1) is 19.3. The van der Waals surface area contributed by atoms with Crippen molar-refractivity contribution in [2.45, 2.75) is 44.7 Å². The van der Waals surface area contributed by atoms with Crippen molar-refractivity contribution in [1.29, 1.82) is 0 Å². The van der Waals surface area contributed by atoms with E-state index in [-0.39, 0.29) is 0 Å². The Morgan fingerprint density at radius 3 is 2.75 bits per heavy atom. The summed E-state index contributed by atoms with van der Waals surface area (Å²) in [7, 11) is 1.87. The van der Waals surface area contributed by atoms with E-state index in [1.165, 1.54) is 56.4 Å². The molecule has 2 fully saturated rings. The number of benzene rings is 1. The van der Waals surface area contributed by atoms with Crippen LogP contribution in [0, 0.1) is 5.92 Å². The molecule has 4 rings (SSSR count). The number of likely N-dealkylation sites (tertiary alicyclic amines) is 1. The molecule has 2 heterocycles. The van der Waals surface area contributed by atoms with Gasteiger partial charge in [-0.25, -0.2) is 0 Å². The molecule has 152 valence electrons. The van der Waals surface area contributed by atoms with E-state index in [0.29, 0.717) is 6.04 Å². The second kappa shape index (κ2) is 9.46.